The summed E-state index contributed by atoms with van der Waals surface area (Å²) in [5.41, 5.74) is 2.71. The van der Waals surface area contributed by atoms with E-state index in [2.05, 4.69) is 10.6 Å². The van der Waals surface area contributed by atoms with Crippen LogP contribution >= 0.6 is 0 Å². The first-order valence-corrected chi connectivity index (χ1v) is 6.44. The highest BCUT2D eigenvalue weighted by Gasteiger charge is 2.19. The van der Waals surface area contributed by atoms with Crippen molar-refractivity contribution in [3.63, 3.8) is 0 Å². The van der Waals surface area contributed by atoms with Crippen molar-refractivity contribution in [3.05, 3.63) is 23.0 Å². The van der Waals surface area contributed by atoms with Gasteiger partial charge in [0.2, 0.25) is 0 Å². The lowest BCUT2D eigenvalue weighted by Crippen LogP contribution is -2.36. The predicted molar refractivity (Wildman–Crippen MR) is 72.2 cm³/mol. The number of carbonyl (C=O) groups is 2. The van der Waals surface area contributed by atoms with Gasteiger partial charge in [0.25, 0.3) is 5.91 Å². The Balaban J connectivity index is 1.87. The highest BCUT2D eigenvalue weighted by molar-refractivity contribution is 5.95. The highest BCUT2D eigenvalue weighted by atomic mass is 16.2. The maximum atomic E-state index is 12.0. The van der Waals surface area contributed by atoms with Crippen molar-refractivity contribution in [2.75, 3.05) is 26.2 Å². The highest BCUT2D eigenvalue weighted by Crippen LogP contribution is 2.12. The Labute approximate surface area is 112 Å². The minimum atomic E-state index is -0.0826. The molecule has 1 aromatic heterocycles. The molecule has 1 fully saturated rings. The van der Waals surface area contributed by atoms with E-state index in [9.17, 15) is 9.59 Å². The summed E-state index contributed by atoms with van der Waals surface area (Å²) in [5.74, 6) is -0.0826. The quantitative estimate of drug-likeness (QED) is 0.826. The van der Waals surface area contributed by atoms with Crippen LogP contribution < -0.4 is 10.6 Å². The second-order valence-corrected chi connectivity index (χ2v) is 4.82. The monoisotopic (exact) mass is 264 g/mol. The Morgan fingerprint density at radius 3 is 2.74 bits per heavy atom. The number of hydrogen-bond donors (Lipinski definition) is 2. The number of nitrogens with one attached hydrogen (secondary N) is 2. The first kappa shape index (κ1) is 13.5. The first-order chi connectivity index (χ1) is 9.00. The molecule has 6 heteroatoms. The lowest BCUT2D eigenvalue weighted by Gasteiger charge is -2.14. The molecule has 0 aliphatic carbocycles. The molecule has 0 radical (unpaired) electrons. The van der Waals surface area contributed by atoms with Crippen LogP contribution in [-0.2, 0) is 7.05 Å². The van der Waals surface area contributed by atoms with E-state index in [-0.39, 0.29) is 11.9 Å². The largest absolute Gasteiger partial charge is 0.351 e. The van der Waals surface area contributed by atoms with Crippen LogP contribution in [0.2, 0.25) is 0 Å². The van der Waals surface area contributed by atoms with Gasteiger partial charge in [-0.15, -0.1) is 0 Å². The molecule has 0 aromatic carbocycles. The third-order valence-electron chi connectivity index (χ3n) is 3.63. The van der Waals surface area contributed by atoms with Crippen LogP contribution in [0.5, 0.6) is 0 Å². The number of nitrogens with zero attached hydrogens (tertiary/aromatic N) is 2. The summed E-state index contributed by atoms with van der Waals surface area (Å²) >= 11 is 0. The maximum Gasteiger partial charge on any atom is 0.317 e. The van der Waals surface area contributed by atoms with E-state index in [0.29, 0.717) is 31.7 Å². The molecule has 1 saturated heterocycles. The smallest absolute Gasteiger partial charge is 0.317 e. The second kappa shape index (κ2) is 5.34. The van der Waals surface area contributed by atoms with Crippen molar-refractivity contribution in [2.24, 2.45) is 7.05 Å². The van der Waals surface area contributed by atoms with E-state index >= 15 is 0 Å². The normalized spacial score (nSPS) is 14.7. The predicted octanol–water partition coefficient (Wildman–Crippen LogP) is 0.397. The minimum Gasteiger partial charge on any atom is -0.351 e. The van der Waals surface area contributed by atoms with Gasteiger partial charge in [0, 0.05) is 44.6 Å². The number of hydrogen-bond acceptors (Lipinski definition) is 2. The molecule has 0 saturated carbocycles. The molecule has 1 aliphatic heterocycles. The first-order valence-electron chi connectivity index (χ1n) is 6.44. The molecule has 19 heavy (non-hydrogen) atoms. The van der Waals surface area contributed by atoms with E-state index in [0.717, 1.165) is 11.4 Å². The zero-order valence-corrected chi connectivity index (χ0v) is 11.6. The van der Waals surface area contributed by atoms with Gasteiger partial charge in [-0.1, -0.05) is 0 Å². The van der Waals surface area contributed by atoms with Gasteiger partial charge in [-0.05, 0) is 19.9 Å². The molecule has 6 nitrogen and oxygen atoms in total. The molecule has 1 aromatic rings. The number of urea groups is 1. The number of rotatable bonds is 4. The van der Waals surface area contributed by atoms with Crippen molar-refractivity contribution < 1.29 is 9.59 Å². The van der Waals surface area contributed by atoms with E-state index < -0.39 is 0 Å². The summed E-state index contributed by atoms with van der Waals surface area (Å²) in [7, 11) is 1.94. The summed E-state index contributed by atoms with van der Waals surface area (Å²) in [5, 5.41) is 5.58. The SMILES string of the molecule is Cc1cc(C(=O)NCCN2CCNC2=O)c(C)n1C. The van der Waals surface area contributed by atoms with Crippen molar-refractivity contribution in [3.8, 4) is 0 Å². The van der Waals surface area contributed by atoms with E-state index in [1.807, 2.05) is 31.5 Å². The lowest BCUT2D eigenvalue weighted by atomic mass is 10.2. The standard InChI is InChI=1S/C13H20N4O2/c1-9-8-11(10(2)16(9)3)12(18)14-4-6-17-7-5-15-13(17)19/h8H,4-7H2,1-3H3,(H,14,18)(H,15,19). The summed E-state index contributed by atoms with van der Waals surface area (Å²) in [4.78, 5) is 25.1. The molecule has 1 aliphatic rings. The summed E-state index contributed by atoms with van der Waals surface area (Å²) in [6.45, 7) is 6.30. The molecule has 104 valence electrons. The molecule has 0 bridgehead atoms. The molecular weight excluding hydrogens is 244 g/mol. The van der Waals surface area contributed by atoms with Crippen LogP contribution in [0.15, 0.2) is 6.07 Å². The lowest BCUT2D eigenvalue weighted by molar-refractivity contribution is 0.0949. The fourth-order valence-corrected chi connectivity index (χ4v) is 2.21. The third kappa shape index (κ3) is 2.72. The molecule has 0 unspecified atom stereocenters. The van der Waals surface area contributed by atoms with Gasteiger partial charge in [-0.3, -0.25) is 4.79 Å². The van der Waals surface area contributed by atoms with Gasteiger partial charge < -0.3 is 20.1 Å². The fraction of sp³-hybridized carbons (Fsp3) is 0.538. The maximum absolute atomic E-state index is 12.0. The van der Waals surface area contributed by atoms with Crippen LogP contribution in [-0.4, -0.2) is 47.6 Å². The Morgan fingerprint density at radius 1 is 1.47 bits per heavy atom. The Hall–Kier alpha value is -1.98. The zero-order chi connectivity index (χ0) is 14.0. The van der Waals surface area contributed by atoms with Crippen LogP contribution in [0.3, 0.4) is 0 Å². The topological polar surface area (TPSA) is 66.4 Å². The molecule has 2 N–H and O–H groups in total. The van der Waals surface area contributed by atoms with Gasteiger partial charge >= 0.3 is 6.03 Å². The average Bonchev–Trinajstić information content (AvgIpc) is 2.89. The number of aryl methyl sites for hydroxylation is 1. The van der Waals surface area contributed by atoms with Crippen molar-refractivity contribution in [1.29, 1.82) is 0 Å². The summed E-state index contributed by atoms with van der Waals surface area (Å²) < 4.78 is 1.99. The van der Waals surface area contributed by atoms with Crippen LogP contribution in [0.4, 0.5) is 4.79 Å². The van der Waals surface area contributed by atoms with E-state index in [1.54, 1.807) is 4.90 Å². The minimum absolute atomic E-state index is 0.0546. The third-order valence-corrected chi connectivity index (χ3v) is 3.63. The molecule has 2 rings (SSSR count). The van der Waals surface area contributed by atoms with E-state index in [4.69, 9.17) is 0 Å². The average molecular weight is 264 g/mol. The van der Waals surface area contributed by atoms with Gasteiger partial charge in [-0.2, -0.15) is 0 Å². The fourth-order valence-electron chi connectivity index (χ4n) is 2.21. The Bertz CT molecular complexity index is 507. The Morgan fingerprint density at radius 2 is 2.21 bits per heavy atom. The van der Waals surface area contributed by atoms with Gasteiger partial charge in [0.1, 0.15) is 0 Å². The second-order valence-electron chi connectivity index (χ2n) is 4.82. The van der Waals surface area contributed by atoms with Gasteiger partial charge in [0.15, 0.2) is 0 Å². The molecule has 3 amide bonds. The van der Waals surface area contributed by atoms with Crippen molar-refractivity contribution in [1.82, 2.24) is 20.1 Å². The number of carbonyl (C=O) groups excluding carboxylic acids is 2. The van der Waals surface area contributed by atoms with Crippen LogP contribution in [0.1, 0.15) is 21.7 Å². The number of amides is 3. The molecule has 0 spiro atoms. The van der Waals surface area contributed by atoms with Crippen molar-refractivity contribution in [2.45, 2.75) is 13.8 Å². The molecular formula is C13H20N4O2. The van der Waals surface area contributed by atoms with Crippen molar-refractivity contribution >= 4 is 11.9 Å². The van der Waals surface area contributed by atoms with Crippen LogP contribution in [0.25, 0.3) is 0 Å². The van der Waals surface area contributed by atoms with Gasteiger partial charge in [-0.25, -0.2) is 4.79 Å². The summed E-state index contributed by atoms with van der Waals surface area (Å²) in [6.07, 6.45) is 0. The van der Waals surface area contributed by atoms with E-state index in [1.165, 1.54) is 0 Å². The number of aromatic nitrogens is 1. The molecule has 0 atom stereocenters. The zero-order valence-electron chi connectivity index (χ0n) is 11.6. The Kier molecular flexibility index (Phi) is 3.78. The van der Waals surface area contributed by atoms with Crippen LogP contribution in [0, 0.1) is 13.8 Å². The summed E-state index contributed by atoms with van der Waals surface area (Å²) in [6, 6.07) is 1.83. The molecule has 2 heterocycles. The van der Waals surface area contributed by atoms with Gasteiger partial charge in [0.05, 0.1) is 5.56 Å².